The summed E-state index contributed by atoms with van der Waals surface area (Å²) < 4.78 is 1.25. The molecule has 0 fully saturated rings. The highest BCUT2D eigenvalue weighted by atomic mass is 32.2. The molecule has 19 heavy (non-hydrogen) atoms. The molecule has 2 rings (SSSR count). The summed E-state index contributed by atoms with van der Waals surface area (Å²) in [5.41, 5.74) is 9.57. The smallest absolute Gasteiger partial charge is 0.116 e. The number of thiophene rings is 1. The first-order valence-electron chi connectivity index (χ1n) is 6.10. The maximum absolute atomic E-state index is 9.68. The Hall–Kier alpha value is -1.13. The fourth-order valence-corrected chi connectivity index (χ4v) is 4.45. The van der Waals surface area contributed by atoms with E-state index in [2.05, 4.69) is 27.0 Å². The second-order valence-corrected chi connectivity index (χ2v) is 7.64. The molecule has 0 radical (unpaired) electrons. The third kappa shape index (κ3) is 2.74. The Morgan fingerprint density at radius 1 is 1.26 bits per heavy atom. The molecule has 2 aromatic rings. The second kappa shape index (κ2) is 5.10. The molecule has 3 N–H and O–H groups in total. The Balaban J connectivity index is 2.73. The zero-order chi connectivity index (χ0) is 14.2. The first-order valence-corrected chi connectivity index (χ1v) is 8.15. The summed E-state index contributed by atoms with van der Waals surface area (Å²) in [4.78, 5) is 0. The third-order valence-electron chi connectivity index (χ3n) is 2.97. The third-order valence-corrected chi connectivity index (χ3v) is 5.11. The molecule has 0 aliphatic carbocycles. The van der Waals surface area contributed by atoms with E-state index in [1.807, 2.05) is 12.1 Å². The minimum atomic E-state index is 0.0211. The molecule has 4 heteroatoms. The molecule has 1 aromatic carbocycles. The van der Waals surface area contributed by atoms with Gasteiger partial charge in [-0.3, -0.25) is 0 Å². The lowest BCUT2D eigenvalue weighted by Crippen LogP contribution is -2.12. The Bertz CT molecular complexity index is 597. The number of nitrogen functional groups attached to an aromatic ring is 1. The van der Waals surface area contributed by atoms with E-state index in [9.17, 15) is 5.11 Å². The molecular formula is C15H19NOS2. The number of hydrogen-bond acceptors (Lipinski definition) is 4. The van der Waals surface area contributed by atoms with Crippen molar-refractivity contribution in [1.29, 1.82) is 0 Å². The van der Waals surface area contributed by atoms with Crippen molar-refractivity contribution < 1.29 is 5.11 Å². The molecule has 0 unspecified atom stereocenters. The minimum absolute atomic E-state index is 0.0211. The molecule has 0 saturated carbocycles. The van der Waals surface area contributed by atoms with Gasteiger partial charge in [-0.2, -0.15) is 0 Å². The fraction of sp³-hybridized carbons (Fsp3) is 0.333. The van der Waals surface area contributed by atoms with Gasteiger partial charge in [0.05, 0.1) is 9.21 Å². The number of rotatable bonds is 2. The molecule has 0 amide bonds. The number of phenols is 1. The maximum Gasteiger partial charge on any atom is 0.116 e. The summed E-state index contributed by atoms with van der Waals surface area (Å²) in [5.74, 6) is 0.272. The van der Waals surface area contributed by atoms with Gasteiger partial charge in [0.2, 0.25) is 0 Å². The van der Waals surface area contributed by atoms with Crippen LogP contribution in [0.5, 0.6) is 5.75 Å². The SMILES string of the molecule is CSc1sc(N)c(-c2cccc(O)c2)c1C(C)(C)C. The fourth-order valence-electron chi connectivity index (χ4n) is 2.20. The van der Waals surface area contributed by atoms with E-state index in [4.69, 9.17) is 5.73 Å². The molecule has 102 valence electrons. The number of benzene rings is 1. The van der Waals surface area contributed by atoms with Gasteiger partial charge in [-0.1, -0.05) is 32.9 Å². The molecule has 0 bridgehead atoms. The van der Waals surface area contributed by atoms with Gasteiger partial charge in [0, 0.05) is 5.56 Å². The normalized spacial score (nSPS) is 11.8. The van der Waals surface area contributed by atoms with E-state index in [1.54, 1.807) is 35.2 Å². The topological polar surface area (TPSA) is 46.2 Å². The van der Waals surface area contributed by atoms with Crippen LogP contribution in [0.4, 0.5) is 5.00 Å². The maximum atomic E-state index is 9.68. The van der Waals surface area contributed by atoms with Crippen LogP contribution in [0.3, 0.4) is 0 Å². The molecule has 1 aromatic heterocycles. The van der Waals surface area contributed by atoms with Crippen LogP contribution in [-0.2, 0) is 5.41 Å². The van der Waals surface area contributed by atoms with Crippen molar-refractivity contribution >= 4 is 28.1 Å². The number of anilines is 1. The molecule has 1 heterocycles. The van der Waals surface area contributed by atoms with Crippen LogP contribution >= 0.6 is 23.1 Å². The van der Waals surface area contributed by atoms with Crippen LogP contribution in [-0.4, -0.2) is 11.4 Å². The van der Waals surface area contributed by atoms with Gasteiger partial charge < -0.3 is 10.8 Å². The summed E-state index contributed by atoms with van der Waals surface area (Å²) in [6.07, 6.45) is 2.08. The lowest BCUT2D eigenvalue weighted by molar-refractivity contribution is 0.475. The van der Waals surface area contributed by atoms with E-state index in [0.717, 1.165) is 16.1 Å². The van der Waals surface area contributed by atoms with Gasteiger partial charge in [-0.15, -0.1) is 23.1 Å². The van der Waals surface area contributed by atoms with Crippen LogP contribution < -0.4 is 5.73 Å². The van der Waals surface area contributed by atoms with Crippen molar-refractivity contribution in [2.24, 2.45) is 0 Å². The molecule has 2 nitrogen and oxygen atoms in total. The summed E-state index contributed by atoms with van der Waals surface area (Å²) >= 11 is 3.36. The van der Waals surface area contributed by atoms with Crippen molar-refractivity contribution in [1.82, 2.24) is 0 Å². The Morgan fingerprint density at radius 2 is 1.95 bits per heavy atom. The number of hydrogen-bond donors (Lipinski definition) is 2. The van der Waals surface area contributed by atoms with E-state index in [1.165, 1.54) is 9.77 Å². The van der Waals surface area contributed by atoms with Crippen molar-refractivity contribution in [2.75, 3.05) is 12.0 Å². The lowest BCUT2D eigenvalue weighted by Gasteiger charge is -2.22. The minimum Gasteiger partial charge on any atom is -0.508 e. The van der Waals surface area contributed by atoms with Crippen molar-refractivity contribution in [2.45, 2.75) is 30.4 Å². The highest BCUT2D eigenvalue weighted by molar-refractivity contribution is 8.00. The van der Waals surface area contributed by atoms with Gasteiger partial charge in [0.15, 0.2) is 0 Å². The first kappa shape index (κ1) is 14.3. The van der Waals surface area contributed by atoms with Crippen molar-refractivity contribution in [3.05, 3.63) is 29.8 Å². The first-order chi connectivity index (χ1) is 8.84. The predicted octanol–water partition coefficient (Wildman–Crippen LogP) is 4.72. The summed E-state index contributed by atoms with van der Waals surface area (Å²) in [5, 5.41) is 10.5. The quantitative estimate of drug-likeness (QED) is 0.787. The average Bonchev–Trinajstić information content (AvgIpc) is 2.66. The summed E-state index contributed by atoms with van der Waals surface area (Å²) in [7, 11) is 0. The molecule has 0 aliphatic heterocycles. The highest BCUT2D eigenvalue weighted by Crippen LogP contribution is 2.48. The second-order valence-electron chi connectivity index (χ2n) is 5.51. The molecule has 0 spiro atoms. The number of aromatic hydroxyl groups is 1. The monoisotopic (exact) mass is 293 g/mol. The summed E-state index contributed by atoms with van der Waals surface area (Å²) in [6.45, 7) is 6.58. The molecular weight excluding hydrogens is 274 g/mol. The van der Waals surface area contributed by atoms with E-state index < -0.39 is 0 Å². The number of nitrogens with two attached hydrogens (primary N) is 1. The zero-order valence-corrected chi connectivity index (χ0v) is 13.3. The van der Waals surface area contributed by atoms with Gasteiger partial charge >= 0.3 is 0 Å². The lowest BCUT2D eigenvalue weighted by atomic mass is 9.84. The zero-order valence-electron chi connectivity index (χ0n) is 11.7. The standard InChI is InChI=1S/C15H19NOS2/c1-15(2,3)12-11(13(16)19-14(12)18-4)9-6-5-7-10(17)8-9/h5-8,17H,16H2,1-4H3. The van der Waals surface area contributed by atoms with Crippen LogP contribution in [0, 0.1) is 0 Å². The molecule has 0 atom stereocenters. The van der Waals surface area contributed by atoms with E-state index in [0.29, 0.717) is 0 Å². The van der Waals surface area contributed by atoms with Gasteiger partial charge in [-0.25, -0.2) is 0 Å². The Labute approximate surface area is 122 Å². The Morgan fingerprint density at radius 3 is 2.47 bits per heavy atom. The highest BCUT2D eigenvalue weighted by Gasteiger charge is 2.27. The average molecular weight is 293 g/mol. The number of phenolic OH excluding ortho intramolecular Hbond substituents is 1. The number of thioether (sulfide) groups is 1. The van der Waals surface area contributed by atoms with Gasteiger partial charge in [-0.05, 0) is 34.9 Å². The van der Waals surface area contributed by atoms with E-state index in [-0.39, 0.29) is 11.2 Å². The molecule has 0 aliphatic rings. The predicted molar refractivity (Wildman–Crippen MR) is 86.3 cm³/mol. The van der Waals surface area contributed by atoms with Crippen LogP contribution in [0.25, 0.3) is 11.1 Å². The van der Waals surface area contributed by atoms with Crippen LogP contribution in [0.1, 0.15) is 26.3 Å². The van der Waals surface area contributed by atoms with Gasteiger partial charge in [0.25, 0.3) is 0 Å². The summed E-state index contributed by atoms with van der Waals surface area (Å²) in [6, 6.07) is 7.31. The van der Waals surface area contributed by atoms with Crippen molar-refractivity contribution in [3.63, 3.8) is 0 Å². The van der Waals surface area contributed by atoms with Gasteiger partial charge in [0.1, 0.15) is 5.75 Å². The molecule has 0 saturated heterocycles. The van der Waals surface area contributed by atoms with Crippen LogP contribution in [0.2, 0.25) is 0 Å². The van der Waals surface area contributed by atoms with Crippen molar-refractivity contribution in [3.8, 4) is 16.9 Å². The largest absolute Gasteiger partial charge is 0.508 e. The van der Waals surface area contributed by atoms with E-state index >= 15 is 0 Å². The van der Waals surface area contributed by atoms with Crippen LogP contribution in [0.15, 0.2) is 28.5 Å². The Kier molecular flexibility index (Phi) is 3.83.